The largest absolute Gasteiger partial charge is 0.357 e. The van der Waals surface area contributed by atoms with E-state index < -0.39 is 17.6 Å². The number of carbonyl (C=O) groups is 3. The minimum absolute atomic E-state index is 0.271. The highest BCUT2D eigenvalue weighted by Gasteiger charge is 2.34. The number of nitrogens with one attached hydrogen (secondary N) is 1. The van der Waals surface area contributed by atoms with Crippen LogP contribution < -0.4 is 11.1 Å². The third-order valence-corrected chi connectivity index (χ3v) is 7.90. The summed E-state index contributed by atoms with van der Waals surface area (Å²) in [5, 5.41) is 6.99. The highest BCUT2D eigenvalue weighted by atomic mass is 16.2. The second-order valence-electron chi connectivity index (χ2n) is 11.9. The van der Waals surface area contributed by atoms with Gasteiger partial charge in [-0.2, -0.15) is 0 Å². The van der Waals surface area contributed by atoms with Crippen LogP contribution in [0, 0.1) is 0 Å². The van der Waals surface area contributed by atoms with Gasteiger partial charge in [0.15, 0.2) is 0 Å². The molecule has 43 heavy (non-hydrogen) atoms. The summed E-state index contributed by atoms with van der Waals surface area (Å²) >= 11 is 0. The summed E-state index contributed by atoms with van der Waals surface area (Å²) in [5.74, 6) is -0.889. The van der Waals surface area contributed by atoms with Crippen LogP contribution in [0.1, 0.15) is 31.4 Å². The molecule has 0 heterocycles. The summed E-state index contributed by atoms with van der Waals surface area (Å²) in [7, 11) is 4.85. The molecule has 4 aromatic rings. The van der Waals surface area contributed by atoms with Crippen molar-refractivity contribution in [2.75, 3.05) is 21.1 Å². The number of carbonyl (C=O) groups excluding carboxylic acids is 3. The van der Waals surface area contributed by atoms with E-state index in [0.29, 0.717) is 19.3 Å². The molecule has 4 rings (SSSR count). The maximum absolute atomic E-state index is 14.3. The van der Waals surface area contributed by atoms with E-state index in [2.05, 4.69) is 5.32 Å². The maximum Gasteiger partial charge on any atom is 0.246 e. The summed E-state index contributed by atoms with van der Waals surface area (Å²) in [5.41, 5.74) is 7.52. The Balaban J connectivity index is 1.67. The number of benzene rings is 4. The van der Waals surface area contributed by atoms with Crippen LogP contribution >= 0.6 is 0 Å². The lowest BCUT2D eigenvalue weighted by molar-refractivity contribution is -0.146. The van der Waals surface area contributed by atoms with Crippen LogP contribution in [0.4, 0.5) is 0 Å². The van der Waals surface area contributed by atoms with Gasteiger partial charge in [-0.05, 0) is 59.0 Å². The van der Waals surface area contributed by atoms with Gasteiger partial charge in [0.05, 0.1) is 0 Å². The van der Waals surface area contributed by atoms with Crippen LogP contribution in [0.15, 0.2) is 97.1 Å². The number of amides is 3. The second kappa shape index (κ2) is 13.7. The zero-order valence-corrected chi connectivity index (χ0v) is 25.7. The molecule has 0 aromatic heterocycles. The highest BCUT2D eigenvalue weighted by molar-refractivity contribution is 5.95. The molecule has 0 bridgehead atoms. The van der Waals surface area contributed by atoms with Gasteiger partial charge >= 0.3 is 0 Å². The summed E-state index contributed by atoms with van der Waals surface area (Å²) < 4.78 is 0. The first-order valence-corrected chi connectivity index (χ1v) is 14.6. The summed E-state index contributed by atoms with van der Waals surface area (Å²) in [6, 6.07) is 26.4. The summed E-state index contributed by atoms with van der Waals surface area (Å²) in [4.78, 5) is 43.9. The Labute approximate surface area is 254 Å². The Morgan fingerprint density at radius 3 is 2.16 bits per heavy atom. The lowest BCUT2D eigenvalue weighted by Crippen LogP contribution is -2.55. The first kappa shape index (κ1) is 31.4. The van der Waals surface area contributed by atoms with E-state index in [1.807, 2.05) is 98.8 Å². The van der Waals surface area contributed by atoms with Crippen LogP contribution in [0.5, 0.6) is 0 Å². The fourth-order valence-corrected chi connectivity index (χ4v) is 5.35. The van der Waals surface area contributed by atoms with Gasteiger partial charge in [-0.25, -0.2) is 0 Å². The molecule has 2 atom stereocenters. The average molecular weight is 579 g/mol. The molecule has 0 aliphatic heterocycles. The zero-order chi connectivity index (χ0) is 31.1. The number of likely N-dealkylation sites (N-methyl/N-ethyl adjacent to an activating group) is 3. The van der Waals surface area contributed by atoms with Gasteiger partial charge in [0.1, 0.15) is 12.1 Å². The Bertz CT molecular complexity index is 1630. The summed E-state index contributed by atoms with van der Waals surface area (Å²) in [6.07, 6.45) is 4.35. The predicted molar refractivity (Wildman–Crippen MR) is 175 cm³/mol. The van der Waals surface area contributed by atoms with Crippen molar-refractivity contribution < 1.29 is 14.4 Å². The number of nitrogens with two attached hydrogens (primary N) is 1. The zero-order valence-electron chi connectivity index (χ0n) is 25.7. The van der Waals surface area contributed by atoms with E-state index in [9.17, 15) is 14.4 Å². The van der Waals surface area contributed by atoms with Crippen molar-refractivity contribution in [3.8, 4) is 0 Å². The fraction of sp³-hybridized carbons (Fsp3) is 0.306. The molecule has 0 saturated heterocycles. The van der Waals surface area contributed by atoms with E-state index >= 15 is 0 Å². The maximum atomic E-state index is 14.3. The van der Waals surface area contributed by atoms with E-state index in [4.69, 9.17) is 5.73 Å². The molecule has 0 saturated carbocycles. The van der Waals surface area contributed by atoms with Gasteiger partial charge in [-0.15, -0.1) is 0 Å². The molecule has 0 fully saturated rings. The van der Waals surface area contributed by atoms with E-state index in [0.717, 1.165) is 32.7 Å². The number of rotatable bonds is 11. The Kier molecular flexibility index (Phi) is 9.99. The van der Waals surface area contributed by atoms with Gasteiger partial charge < -0.3 is 20.9 Å². The van der Waals surface area contributed by atoms with Crippen molar-refractivity contribution in [2.45, 2.75) is 50.7 Å². The van der Waals surface area contributed by atoms with Crippen molar-refractivity contribution in [1.82, 2.24) is 15.1 Å². The average Bonchev–Trinajstić information content (AvgIpc) is 3.00. The molecule has 0 aliphatic rings. The number of nitrogens with zero attached hydrogens (tertiary/aromatic N) is 2. The monoisotopic (exact) mass is 578 g/mol. The van der Waals surface area contributed by atoms with E-state index in [-0.39, 0.29) is 17.7 Å². The number of hydrogen-bond acceptors (Lipinski definition) is 4. The van der Waals surface area contributed by atoms with E-state index in [1.165, 1.54) is 15.9 Å². The Morgan fingerprint density at radius 2 is 1.47 bits per heavy atom. The molecule has 3 amide bonds. The topological polar surface area (TPSA) is 95.7 Å². The molecule has 224 valence electrons. The molecule has 2 unspecified atom stereocenters. The van der Waals surface area contributed by atoms with Crippen LogP contribution in [-0.2, 0) is 27.2 Å². The minimum atomic E-state index is -0.839. The minimum Gasteiger partial charge on any atom is -0.357 e. The lowest BCUT2D eigenvalue weighted by Gasteiger charge is -2.34. The Morgan fingerprint density at radius 1 is 0.814 bits per heavy atom. The van der Waals surface area contributed by atoms with E-state index in [1.54, 1.807) is 27.2 Å². The Hall–Kier alpha value is -4.49. The van der Waals surface area contributed by atoms with Gasteiger partial charge in [-0.3, -0.25) is 14.4 Å². The van der Waals surface area contributed by atoms with Crippen LogP contribution in [0.3, 0.4) is 0 Å². The molecule has 3 N–H and O–H groups in total. The highest BCUT2D eigenvalue weighted by Crippen LogP contribution is 2.23. The fourth-order valence-electron chi connectivity index (χ4n) is 5.35. The second-order valence-corrected chi connectivity index (χ2v) is 11.9. The normalized spacial score (nSPS) is 13.2. The van der Waals surface area contributed by atoms with Crippen molar-refractivity contribution in [3.63, 3.8) is 0 Å². The van der Waals surface area contributed by atoms with Crippen LogP contribution in [0.2, 0.25) is 0 Å². The summed E-state index contributed by atoms with van der Waals surface area (Å²) in [6.45, 7) is 3.78. The van der Waals surface area contributed by atoms with Gasteiger partial charge in [0.2, 0.25) is 17.7 Å². The molecule has 7 nitrogen and oxygen atoms in total. The molecule has 0 radical (unpaired) electrons. The van der Waals surface area contributed by atoms with Gasteiger partial charge in [0.25, 0.3) is 0 Å². The molecule has 7 heteroatoms. The van der Waals surface area contributed by atoms with Crippen molar-refractivity contribution in [3.05, 3.63) is 108 Å². The molecule has 4 aromatic carbocycles. The standard InChI is InChI=1S/C36H42N4O3/c1-36(2,37)21-11-18-33(41)39(4)32(23-25-19-20-26-12-6-7-14-28(26)22-25)35(43)40(5)31(34(42)38-3)24-29-16-10-15-27-13-8-9-17-30(27)29/h6-20,22,31-32H,21,23-24,37H2,1-5H3,(H,38,42)/b18-11+. The molecule has 0 spiro atoms. The predicted octanol–water partition coefficient (Wildman–Crippen LogP) is 4.86. The van der Waals surface area contributed by atoms with Crippen molar-refractivity contribution in [2.24, 2.45) is 5.73 Å². The third kappa shape index (κ3) is 7.87. The first-order valence-electron chi connectivity index (χ1n) is 14.6. The van der Waals surface area contributed by atoms with Gasteiger partial charge in [0, 0.05) is 39.5 Å². The van der Waals surface area contributed by atoms with Crippen molar-refractivity contribution >= 4 is 39.3 Å². The third-order valence-electron chi connectivity index (χ3n) is 7.90. The smallest absolute Gasteiger partial charge is 0.246 e. The molecular weight excluding hydrogens is 536 g/mol. The number of fused-ring (bicyclic) bond motifs is 2. The SMILES string of the molecule is CNC(=O)C(Cc1cccc2ccccc12)N(C)C(=O)C(Cc1ccc2ccccc2c1)N(C)C(=O)/C=C/CC(C)(C)N. The number of hydrogen-bond donors (Lipinski definition) is 2. The molecule has 0 aliphatic carbocycles. The van der Waals surface area contributed by atoms with Crippen LogP contribution in [0.25, 0.3) is 21.5 Å². The quantitative estimate of drug-likeness (QED) is 0.249. The van der Waals surface area contributed by atoms with Crippen LogP contribution in [-0.4, -0.2) is 66.3 Å². The molecular formula is C36H42N4O3. The van der Waals surface area contributed by atoms with Gasteiger partial charge in [-0.1, -0.05) is 91.0 Å². The first-order chi connectivity index (χ1) is 20.5. The van der Waals surface area contributed by atoms with Crippen molar-refractivity contribution in [1.29, 1.82) is 0 Å². The lowest BCUT2D eigenvalue weighted by atomic mass is 9.96.